The van der Waals surface area contributed by atoms with Crippen LogP contribution in [-0.2, 0) is 21.2 Å². The minimum atomic E-state index is -3.73. The molecule has 0 saturated carbocycles. The first-order chi connectivity index (χ1) is 13.0. The molecule has 1 saturated heterocycles. The second kappa shape index (κ2) is 8.43. The number of hydrogen-bond acceptors (Lipinski definition) is 5. The molecular formula is C20H23N2O4S-. The molecule has 1 aliphatic rings. The molecule has 0 atom stereocenters. The first-order valence-electron chi connectivity index (χ1n) is 9.11. The van der Waals surface area contributed by atoms with Gasteiger partial charge in [-0.3, -0.25) is 4.72 Å². The highest BCUT2D eigenvalue weighted by molar-refractivity contribution is 7.92. The number of benzene rings is 2. The highest BCUT2D eigenvalue weighted by Gasteiger charge is 2.19. The van der Waals surface area contributed by atoms with Crippen molar-refractivity contribution >= 4 is 27.4 Å². The van der Waals surface area contributed by atoms with Gasteiger partial charge in [0.25, 0.3) is 10.0 Å². The van der Waals surface area contributed by atoms with Crippen molar-refractivity contribution in [2.45, 2.75) is 37.0 Å². The van der Waals surface area contributed by atoms with Gasteiger partial charge in [-0.25, -0.2) is 8.42 Å². The van der Waals surface area contributed by atoms with E-state index in [1.807, 2.05) is 18.2 Å². The van der Waals surface area contributed by atoms with Crippen LogP contribution in [0.3, 0.4) is 0 Å². The summed E-state index contributed by atoms with van der Waals surface area (Å²) < 4.78 is 28.3. The highest BCUT2D eigenvalue weighted by Crippen LogP contribution is 2.30. The van der Waals surface area contributed by atoms with Crippen LogP contribution in [0.4, 0.5) is 11.4 Å². The number of aliphatic carboxylic acids is 1. The summed E-state index contributed by atoms with van der Waals surface area (Å²) in [7, 11) is -3.73. The molecule has 1 aliphatic heterocycles. The Bertz CT molecular complexity index is 888. The van der Waals surface area contributed by atoms with E-state index in [4.69, 9.17) is 0 Å². The van der Waals surface area contributed by atoms with E-state index < -0.39 is 16.0 Å². The van der Waals surface area contributed by atoms with E-state index in [0.717, 1.165) is 37.2 Å². The van der Waals surface area contributed by atoms with E-state index in [-0.39, 0.29) is 11.3 Å². The second-order valence-corrected chi connectivity index (χ2v) is 8.37. The number of para-hydroxylation sites is 2. The molecule has 144 valence electrons. The van der Waals surface area contributed by atoms with Crippen molar-refractivity contribution in [1.82, 2.24) is 0 Å². The largest absolute Gasteiger partial charge is 0.550 e. The number of carboxylic acids is 1. The lowest BCUT2D eigenvalue weighted by atomic mass is 10.1. The third-order valence-electron chi connectivity index (χ3n) is 4.70. The van der Waals surface area contributed by atoms with Crippen LogP contribution >= 0.6 is 0 Å². The quantitative estimate of drug-likeness (QED) is 0.786. The van der Waals surface area contributed by atoms with Crippen LogP contribution < -0.4 is 14.7 Å². The van der Waals surface area contributed by atoms with Crippen molar-refractivity contribution in [2.24, 2.45) is 0 Å². The van der Waals surface area contributed by atoms with E-state index in [2.05, 4.69) is 9.62 Å². The average Bonchev–Trinajstić information content (AvgIpc) is 2.67. The summed E-state index contributed by atoms with van der Waals surface area (Å²) in [5.41, 5.74) is 2.22. The van der Waals surface area contributed by atoms with E-state index in [1.54, 1.807) is 18.2 Å². The van der Waals surface area contributed by atoms with Gasteiger partial charge >= 0.3 is 0 Å². The molecule has 0 aromatic heterocycles. The van der Waals surface area contributed by atoms with Crippen molar-refractivity contribution < 1.29 is 18.3 Å². The van der Waals surface area contributed by atoms with Gasteiger partial charge in [0, 0.05) is 19.1 Å². The van der Waals surface area contributed by atoms with E-state index >= 15 is 0 Å². The zero-order chi connectivity index (χ0) is 19.3. The number of anilines is 2. The minimum absolute atomic E-state index is 0.0897. The molecule has 1 heterocycles. The molecule has 6 nitrogen and oxygen atoms in total. The number of nitrogens with one attached hydrogen (secondary N) is 1. The zero-order valence-corrected chi connectivity index (χ0v) is 15.9. The van der Waals surface area contributed by atoms with Gasteiger partial charge < -0.3 is 14.8 Å². The average molecular weight is 387 g/mol. The van der Waals surface area contributed by atoms with Crippen molar-refractivity contribution in [2.75, 3.05) is 22.7 Å². The maximum Gasteiger partial charge on any atom is 0.261 e. The number of carbonyl (C=O) groups is 1. The topological polar surface area (TPSA) is 89.5 Å². The molecule has 0 bridgehead atoms. The number of piperidine rings is 1. The number of aryl methyl sites for hydroxylation is 1. The van der Waals surface area contributed by atoms with Gasteiger partial charge in [0.15, 0.2) is 0 Å². The Balaban J connectivity index is 1.77. The lowest BCUT2D eigenvalue weighted by Gasteiger charge is -2.30. The predicted molar refractivity (Wildman–Crippen MR) is 103 cm³/mol. The van der Waals surface area contributed by atoms with Gasteiger partial charge in [0.1, 0.15) is 0 Å². The summed E-state index contributed by atoms with van der Waals surface area (Å²) in [4.78, 5) is 12.9. The number of carboxylic acid groups (broad SMARTS) is 1. The number of carbonyl (C=O) groups excluding carboxylic acids is 1. The lowest BCUT2D eigenvalue weighted by Crippen LogP contribution is -2.30. The lowest BCUT2D eigenvalue weighted by molar-refractivity contribution is -0.305. The normalized spacial score (nSPS) is 14.7. The molecule has 1 N–H and O–H groups in total. The Kier molecular flexibility index (Phi) is 6.01. The predicted octanol–water partition coefficient (Wildman–Crippen LogP) is 2.16. The first-order valence-corrected chi connectivity index (χ1v) is 10.6. The van der Waals surface area contributed by atoms with Gasteiger partial charge in [-0.15, -0.1) is 0 Å². The maximum atomic E-state index is 12.8. The summed E-state index contributed by atoms with van der Waals surface area (Å²) >= 11 is 0. The monoisotopic (exact) mass is 387 g/mol. The van der Waals surface area contributed by atoms with Crippen molar-refractivity contribution in [3.05, 3.63) is 54.1 Å². The van der Waals surface area contributed by atoms with E-state index in [1.165, 1.54) is 18.6 Å². The van der Waals surface area contributed by atoms with Crippen LogP contribution in [0.15, 0.2) is 53.4 Å². The van der Waals surface area contributed by atoms with E-state index in [0.29, 0.717) is 12.1 Å². The Hall–Kier alpha value is -2.54. The Morgan fingerprint density at radius 3 is 2.33 bits per heavy atom. The number of hydrogen-bond donors (Lipinski definition) is 1. The van der Waals surface area contributed by atoms with Gasteiger partial charge in [0.2, 0.25) is 0 Å². The van der Waals surface area contributed by atoms with Crippen LogP contribution in [0.2, 0.25) is 0 Å². The number of nitrogens with zero attached hydrogens (tertiary/aromatic N) is 1. The van der Waals surface area contributed by atoms with E-state index in [9.17, 15) is 18.3 Å². The van der Waals surface area contributed by atoms with Crippen LogP contribution in [0, 0.1) is 0 Å². The first kappa shape index (κ1) is 19.2. The summed E-state index contributed by atoms with van der Waals surface area (Å²) in [6, 6.07) is 13.7. The van der Waals surface area contributed by atoms with Crippen LogP contribution in [0.25, 0.3) is 0 Å². The molecule has 27 heavy (non-hydrogen) atoms. The molecular weight excluding hydrogens is 364 g/mol. The Labute approximate surface area is 159 Å². The van der Waals surface area contributed by atoms with Gasteiger partial charge in [0.05, 0.1) is 16.3 Å². The number of rotatable bonds is 7. The van der Waals surface area contributed by atoms with Crippen molar-refractivity contribution in [3.8, 4) is 0 Å². The summed E-state index contributed by atoms with van der Waals surface area (Å²) in [5.74, 6) is -1.12. The van der Waals surface area contributed by atoms with Crippen LogP contribution in [0.5, 0.6) is 0 Å². The van der Waals surface area contributed by atoms with Gasteiger partial charge in [-0.1, -0.05) is 24.3 Å². The van der Waals surface area contributed by atoms with Crippen molar-refractivity contribution in [3.63, 3.8) is 0 Å². The summed E-state index contributed by atoms with van der Waals surface area (Å²) in [6.07, 6.45) is 3.64. The third-order valence-corrected chi connectivity index (χ3v) is 6.08. The molecule has 0 radical (unpaired) electrons. The standard InChI is InChI=1S/C20H24N2O4S/c23-20(24)13-10-16-8-11-17(12-9-16)27(25,26)21-18-6-2-3-7-19(18)22-14-4-1-5-15-22/h2-3,6-9,11-12,21H,1,4-5,10,13-15H2,(H,23,24)/p-1. The zero-order valence-electron chi connectivity index (χ0n) is 15.1. The fourth-order valence-electron chi connectivity index (χ4n) is 3.26. The smallest absolute Gasteiger partial charge is 0.261 e. The molecule has 0 unspecified atom stereocenters. The van der Waals surface area contributed by atoms with Crippen molar-refractivity contribution in [1.29, 1.82) is 0 Å². The summed E-state index contributed by atoms with van der Waals surface area (Å²) in [6.45, 7) is 1.84. The van der Waals surface area contributed by atoms with Gasteiger partial charge in [-0.2, -0.15) is 0 Å². The molecule has 1 fully saturated rings. The van der Waals surface area contributed by atoms with Crippen LogP contribution in [0.1, 0.15) is 31.2 Å². The maximum absolute atomic E-state index is 12.8. The fraction of sp³-hybridized carbons (Fsp3) is 0.350. The van der Waals surface area contributed by atoms with Crippen LogP contribution in [-0.4, -0.2) is 27.5 Å². The minimum Gasteiger partial charge on any atom is -0.550 e. The van der Waals surface area contributed by atoms with Gasteiger partial charge in [-0.05, 0) is 61.9 Å². The fourth-order valence-corrected chi connectivity index (χ4v) is 4.33. The third kappa shape index (κ3) is 5.01. The second-order valence-electron chi connectivity index (χ2n) is 6.69. The molecule has 0 amide bonds. The molecule has 0 aliphatic carbocycles. The Morgan fingerprint density at radius 2 is 1.67 bits per heavy atom. The molecule has 2 aromatic carbocycles. The summed E-state index contributed by atoms with van der Waals surface area (Å²) in [5, 5.41) is 10.5. The molecule has 0 spiro atoms. The SMILES string of the molecule is O=C([O-])CCc1ccc(S(=O)(=O)Nc2ccccc2N2CCCCC2)cc1. The molecule has 7 heteroatoms. The Morgan fingerprint density at radius 1 is 1.00 bits per heavy atom. The molecule has 3 rings (SSSR count). The number of sulfonamides is 1. The molecule has 2 aromatic rings. The highest BCUT2D eigenvalue weighted by atomic mass is 32.2.